The molecule has 4 nitrogen and oxygen atoms in total. The Morgan fingerprint density at radius 1 is 1.43 bits per heavy atom. The first-order chi connectivity index (χ1) is 9.78. The van der Waals surface area contributed by atoms with Crippen LogP contribution in [0.1, 0.15) is 25.3 Å². The Balaban J connectivity index is 0.00000220. The SMILES string of the molecule is CCNC(=NCc1cccc(F)c1)NCC1CCCO1.I. The predicted octanol–water partition coefficient (Wildman–Crippen LogP) is 2.68. The van der Waals surface area contributed by atoms with Gasteiger partial charge in [-0.2, -0.15) is 0 Å². The lowest BCUT2D eigenvalue weighted by atomic mass is 10.2. The molecule has 1 atom stereocenters. The van der Waals surface area contributed by atoms with Crippen LogP contribution in [0.4, 0.5) is 4.39 Å². The third-order valence-electron chi connectivity index (χ3n) is 3.17. The average Bonchev–Trinajstić information content (AvgIpc) is 2.95. The standard InChI is InChI=1S/C15H22FN3O.HI/c1-2-17-15(19-11-14-7-4-8-20-14)18-10-12-5-3-6-13(16)9-12;/h3,5-6,9,14H,2,4,7-8,10-11H2,1H3,(H2,17,18,19);1H. The van der Waals surface area contributed by atoms with Crippen molar-refractivity contribution in [3.63, 3.8) is 0 Å². The van der Waals surface area contributed by atoms with Crippen LogP contribution in [-0.4, -0.2) is 31.8 Å². The molecule has 21 heavy (non-hydrogen) atoms. The van der Waals surface area contributed by atoms with E-state index in [9.17, 15) is 4.39 Å². The topological polar surface area (TPSA) is 45.7 Å². The van der Waals surface area contributed by atoms with Crippen LogP contribution in [-0.2, 0) is 11.3 Å². The van der Waals surface area contributed by atoms with E-state index in [1.807, 2.05) is 13.0 Å². The molecule has 1 heterocycles. The van der Waals surface area contributed by atoms with Crippen LogP contribution in [0.5, 0.6) is 0 Å². The second-order valence-corrected chi connectivity index (χ2v) is 4.84. The molecule has 1 saturated heterocycles. The summed E-state index contributed by atoms with van der Waals surface area (Å²) < 4.78 is 18.7. The fourth-order valence-corrected chi connectivity index (χ4v) is 2.16. The summed E-state index contributed by atoms with van der Waals surface area (Å²) in [4.78, 5) is 4.46. The zero-order valence-corrected chi connectivity index (χ0v) is 14.6. The summed E-state index contributed by atoms with van der Waals surface area (Å²) in [5.41, 5.74) is 0.860. The van der Waals surface area contributed by atoms with Gasteiger partial charge in [0.1, 0.15) is 5.82 Å². The molecule has 118 valence electrons. The van der Waals surface area contributed by atoms with Crippen LogP contribution in [0.3, 0.4) is 0 Å². The number of nitrogens with one attached hydrogen (secondary N) is 2. The molecule has 0 amide bonds. The number of aliphatic imine (C=N–C) groups is 1. The largest absolute Gasteiger partial charge is 0.376 e. The maximum atomic E-state index is 13.1. The molecule has 0 spiro atoms. The van der Waals surface area contributed by atoms with Gasteiger partial charge in [-0.05, 0) is 37.5 Å². The van der Waals surface area contributed by atoms with E-state index in [1.54, 1.807) is 6.07 Å². The third kappa shape index (κ3) is 6.60. The van der Waals surface area contributed by atoms with Crippen molar-refractivity contribution in [1.82, 2.24) is 10.6 Å². The number of rotatable bonds is 5. The lowest BCUT2D eigenvalue weighted by Crippen LogP contribution is -2.41. The lowest BCUT2D eigenvalue weighted by molar-refractivity contribution is 0.114. The summed E-state index contributed by atoms with van der Waals surface area (Å²) in [5, 5.41) is 6.45. The van der Waals surface area contributed by atoms with Crippen molar-refractivity contribution in [2.24, 2.45) is 4.99 Å². The highest BCUT2D eigenvalue weighted by Crippen LogP contribution is 2.10. The van der Waals surface area contributed by atoms with Crippen LogP contribution in [0, 0.1) is 5.82 Å². The molecule has 1 aliphatic rings. The van der Waals surface area contributed by atoms with E-state index in [1.165, 1.54) is 12.1 Å². The van der Waals surface area contributed by atoms with E-state index < -0.39 is 0 Å². The second kappa shape index (κ2) is 9.94. The molecule has 0 radical (unpaired) electrons. The Morgan fingerprint density at radius 2 is 2.29 bits per heavy atom. The fraction of sp³-hybridized carbons (Fsp3) is 0.533. The molecule has 1 fully saturated rings. The summed E-state index contributed by atoms with van der Waals surface area (Å²) in [6.45, 7) is 4.88. The summed E-state index contributed by atoms with van der Waals surface area (Å²) >= 11 is 0. The Morgan fingerprint density at radius 3 is 2.95 bits per heavy atom. The van der Waals surface area contributed by atoms with Crippen molar-refractivity contribution in [3.8, 4) is 0 Å². The summed E-state index contributed by atoms with van der Waals surface area (Å²) in [6, 6.07) is 6.52. The minimum Gasteiger partial charge on any atom is -0.376 e. The highest BCUT2D eigenvalue weighted by Gasteiger charge is 2.15. The van der Waals surface area contributed by atoms with Crippen LogP contribution < -0.4 is 10.6 Å². The molecule has 0 aliphatic carbocycles. The van der Waals surface area contributed by atoms with E-state index in [0.717, 1.165) is 44.1 Å². The average molecular weight is 407 g/mol. The molecule has 6 heteroatoms. The van der Waals surface area contributed by atoms with Crippen molar-refractivity contribution >= 4 is 29.9 Å². The normalized spacial score (nSPS) is 18.2. The van der Waals surface area contributed by atoms with Crippen molar-refractivity contribution in [1.29, 1.82) is 0 Å². The van der Waals surface area contributed by atoms with Crippen LogP contribution in [0.15, 0.2) is 29.3 Å². The predicted molar refractivity (Wildman–Crippen MR) is 93.6 cm³/mol. The van der Waals surface area contributed by atoms with Crippen molar-refractivity contribution in [2.75, 3.05) is 19.7 Å². The first kappa shape index (κ1) is 18.2. The molecule has 0 aromatic heterocycles. The highest BCUT2D eigenvalue weighted by atomic mass is 127. The quantitative estimate of drug-likeness (QED) is 0.448. The van der Waals surface area contributed by atoms with Crippen LogP contribution in [0.25, 0.3) is 0 Å². The monoisotopic (exact) mass is 407 g/mol. The second-order valence-electron chi connectivity index (χ2n) is 4.84. The number of nitrogens with zero attached hydrogens (tertiary/aromatic N) is 1. The summed E-state index contributed by atoms with van der Waals surface area (Å²) in [6.07, 6.45) is 2.49. The fourth-order valence-electron chi connectivity index (χ4n) is 2.16. The van der Waals surface area contributed by atoms with Crippen LogP contribution >= 0.6 is 24.0 Å². The van der Waals surface area contributed by atoms with Gasteiger partial charge in [-0.3, -0.25) is 0 Å². The van der Waals surface area contributed by atoms with Gasteiger partial charge in [0.15, 0.2) is 5.96 Å². The molecule has 1 aromatic carbocycles. The van der Waals surface area contributed by atoms with Crippen molar-refractivity contribution in [3.05, 3.63) is 35.6 Å². The molecule has 1 aliphatic heterocycles. The van der Waals surface area contributed by atoms with Gasteiger partial charge in [-0.25, -0.2) is 9.38 Å². The number of hydrogen-bond acceptors (Lipinski definition) is 2. The maximum Gasteiger partial charge on any atom is 0.191 e. The van der Waals surface area contributed by atoms with Gasteiger partial charge < -0.3 is 15.4 Å². The Bertz CT molecular complexity index is 450. The molecule has 2 rings (SSSR count). The van der Waals surface area contributed by atoms with Crippen molar-refractivity contribution < 1.29 is 9.13 Å². The minimum absolute atomic E-state index is 0. The van der Waals surface area contributed by atoms with Gasteiger partial charge in [-0.1, -0.05) is 12.1 Å². The van der Waals surface area contributed by atoms with Gasteiger partial charge in [-0.15, -0.1) is 24.0 Å². The molecular formula is C15H23FIN3O. The molecule has 1 aromatic rings. The lowest BCUT2D eigenvalue weighted by Gasteiger charge is -2.14. The third-order valence-corrected chi connectivity index (χ3v) is 3.17. The molecular weight excluding hydrogens is 384 g/mol. The number of hydrogen-bond donors (Lipinski definition) is 2. The van der Waals surface area contributed by atoms with E-state index in [4.69, 9.17) is 4.74 Å². The van der Waals surface area contributed by atoms with Gasteiger partial charge in [0, 0.05) is 19.7 Å². The molecule has 0 bridgehead atoms. The van der Waals surface area contributed by atoms with Gasteiger partial charge >= 0.3 is 0 Å². The van der Waals surface area contributed by atoms with Crippen LogP contribution in [0.2, 0.25) is 0 Å². The smallest absolute Gasteiger partial charge is 0.191 e. The highest BCUT2D eigenvalue weighted by molar-refractivity contribution is 14.0. The summed E-state index contributed by atoms with van der Waals surface area (Å²) in [7, 11) is 0. The maximum absolute atomic E-state index is 13.1. The molecule has 0 saturated carbocycles. The zero-order valence-electron chi connectivity index (χ0n) is 12.3. The first-order valence-electron chi connectivity index (χ1n) is 7.16. The molecule has 2 N–H and O–H groups in total. The number of ether oxygens (including phenoxy) is 1. The first-order valence-corrected chi connectivity index (χ1v) is 7.16. The Hall–Kier alpha value is -0.890. The van der Waals surface area contributed by atoms with Gasteiger partial charge in [0.05, 0.1) is 12.6 Å². The van der Waals surface area contributed by atoms with Gasteiger partial charge in [0.2, 0.25) is 0 Å². The van der Waals surface area contributed by atoms with E-state index in [2.05, 4.69) is 15.6 Å². The zero-order chi connectivity index (χ0) is 14.2. The van der Waals surface area contributed by atoms with Gasteiger partial charge in [0.25, 0.3) is 0 Å². The number of benzene rings is 1. The number of halogens is 2. The summed E-state index contributed by atoms with van der Waals surface area (Å²) in [5.74, 6) is 0.516. The van der Waals surface area contributed by atoms with E-state index in [-0.39, 0.29) is 35.9 Å². The molecule has 1 unspecified atom stereocenters. The van der Waals surface area contributed by atoms with Crippen molar-refractivity contribution in [2.45, 2.75) is 32.4 Å². The Kier molecular flexibility index (Phi) is 8.60. The Labute approximate surface area is 142 Å². The van der Waals surface area contributed by atoms with E-state index >= 15 is 0 Å². The van der Waals surface area contributed by atoms with E-state index in [0.29, 0.717) is 6.54 Å². The minimum atomic E-state index is -0.227. The number of guanidine groups is 1.